The molecule has 19 heavy (non-hydrogen) atoms. The largest absolute Gasteiger partial charge is 0.399 e. The van der Waals surface area contributed by atoms with Crippen molar-refractivity contribution in [3.8, 4) is 0 Å². The van der Waals surface area contributed by atoms with Gasteiger partial charge in [-0.05, 0) is 35.9 Å². The van der Waals surface area contributed by atoms with Crippen LogP contribution in [0.5, 0.6) is 0 Å². The van der Waals surface area contributed by atoms with Gasteiger partial charge in [0.05, 0.1) is 23.5 Å². The van der Waals surface area contributed by atoms with Crippen LogP contribution in [0.1, 0.15) is 5.56 Å². The summed E-state index contributed by atoms with van der Waals surface area (Å²) in [6, 6.07) is 9.64. The lowest BCUT2D eigenvalue weighted by molar-refractivity contribution is -0.116. The zero-order chi connectivity index (χ0) is 13.6. The lowest BCUT2D eigenvalue weighted by Gasteiger charge is -2.19. The zero-order valence-electron chi connectivity index (χ0n) is 10.1. The first-order valence-electron chi connectivity index (χ1n) is 5.83. The van der Waals surface area contributed by atoms with Crippen molar-refractivity contribution in [3.63, 3.8) is 0 Å². The molecule has 2 aromatic carbocycles. The van der Waals surface area contributed by atoms with E-state index in [4.69, 9.17) is 11.5 Å². The second kappa shape index (κ2) is 3.98. The van der Waals surface area contributed by atoms with E-state index in [9.17, 15) is 9.18 Å². The number of para-hydroxylation sites is 1. The zero-order valence-corrected chi connectivity index (χ0v) is 10.1. The highest BCUT2D eigenvalue weighted by Crippen LogP contribution is 2.39. The number of nitrogens with two attached hydrogens (primary N) is 2. The van der Waals surface area contributed by atoms with Crippen LogP contribution in [0.2, 0.25) is 0 Å². The molecule has 0 atom stereocenters. The maximum atomic E-state index is 13.5. The van der Waals surface area contributed by atoms with Gasteiger partial charge < -0.3 is 11.5 Å². The molecule has 1 aliphatic heterocycles. The van der Waals surface area contributed by atoms with Crippen molar-refractivity contribution < 1.29 is 9.18 Å². The van der Waals surface area contributed by atoms with Gasteiger partial charge in [0.15, 0.2) is 0 Å². The van der Waals surface area contributed by atoms with Crippen LogP contribution in [0.3, 0.4) is 0 Å². The van der Waals surface area contributed by atoms with Crippen molar-refractivity contribution in [2.45, 2.75) is 6.42 Å². The monoisotopic (exact) mass is 257 g/mol. The Balaban J connectivity index is 2.17. The van der Waals surface area contributed by atoms with E-state index in [1.807, 2.05) is 0 Å². The molecule has 1 amide bonds. The summed E-state index contributed by atoms with van der Waals surface area (Å²) in [7, 11) is 0. The van der Waals surface area contributed by atoms with Gasteiger partial charge in [0.25, 0.3) is 0 Å². The van der Waals surface area contributed by atoms with E-state index >= 15 is 0 Å². The van der Waals surface area contributed by atoms with E-state index in [1.165, 1.54) is 17.0 Å². The number of halogens is 1. The van der Waals surface area contributed by atoms with Crippen LogP contribution in [0, 0.1) is 5.82 Å². The van der Waals surface area contributed by atoms with Crippen LogP contribution >= 0.6 is 0 Å². The summed E-state index contributed by atoms with van der Waals surface area (Å²) in [5, 5.41) is 0. The van der Waals surface area contributed by atoms with E-state index in [0.29, 0.717) is 17.1 Å². The van der Waals surface area contributed by atoms with E-state index in [1.54, 1.807) is 24.3 Å². The molecule has 0 unspecified atom stereocenters. The summed E-state index contributed by atoms with van der Waals surface area (Å²) in [5.41, 5.74) is 13.9. The van der Waals surface area contributed by atoms with Crippen molar-refractivity contribution in [3.05, 3.63) is 47.8 Å². The second-order valence-electron chi connectivity index (χ2n) is 4.47. The number of benzene rings is 2. The standard InChI is InChI=1S/C14H12FN3O/c15-10-2-1-3-12(14(10)17)18-11-5-4-9(16)6-8(11)7-13(18)19/h1-6H,7,16-17H2. The maximum Gasteiger partial charge on any atom is 0.236 e. The van der Waals surface area contributed by atoms with Gasteiger partial charge in [0, 0.05) is 5.69 Å². The van der Waals surface area contributed by atoms with Crippen LogP contribution in [0.25, 0.3) is 0 Å². The average Bonchev–Trinajstić information content (AvgIpc) is 2.68. The molecule has 0 saturated heterocycles. The highest BCUT2D eigenvalue weighted by atomic mass is 19.1. The molecular formula is C14H12FN3O. The first kappa shape index (κ1) is 11.5. The van der Waals surface area contributed by atoms with Crippen LogP contribution in [0.4, 0.5) is 27.1 Å². The van der Waals surface area contributed by atoms with Crippen LogP contribution < -0.4 is 16.4 Å². The topological polar surface area (TPSA) is 72.4 Å². The van der Waals surface area contributed by atoms with E-state index in [0.717, 1.165) is 5.56 Å². The third kappa shape index (κ3) is 1.71. The molecule has 0 bridgehead atoms. The molecule has 5 heteroatoms. The number of amides is 1. The molecule has 96 valence electrons. The van der Waals surface area contributed by atoms with Crippen molar-refractivity contribution in [2.24, 2.45) is 0 Å². The molecule has 0 radical (unpaired) electrons. The Morgan fingerprint density at radius 3 is 2.68 bits per heavy atom. The molecule has 0 saturated carbocycles. The normalized spacial score (nSPS) is 13.7. The Hall–Kier alpha value is -2.56. The number of fused-ring (bicyclic) bond motifs is 1. The molecule has 0 spiro atoms. The summed E-state index contributed by atoms with van der Waals surface area (Å²) in [4.78, 5) is 13.6. The molecule has 4 N–H and O–H groups in total. The van der Waals surface area contributed by atoms with Crippen molar-refractivity contribution in [2.75, 3.05) is 16.4 Å². The Bertz CT molecular complexity index is 684. The lowest BCUT2D eigenvalue weighted by Crippen LogP contribution is -2.22. The minimum Gasteiger partial charge on any atom is -0.399 e. The van der Waals surface area contributed by atoms with Gasteiger partial charge in [-0.25, -0.2) is 4.39 Å². The fourth-order valence-electron chi connectivity index (χ4n) is 2.33. The van der Waals surface area contributed by atoms with Crippen molar-refractivity contribution in [1.82, 2.24) is 0 Å². The van der Waals surface area contributed by atoms with E-state index < -0.39 is 5.82 Å². The third-order valence-corrected chi connectivity index (χ3v) is 3.21. The number of hydrogen-bond donors (Lipinski definition) is 2. The van der Waals surface area contributed by atoms with Crippen molar-refractivity contribution >= 4 is 28.7 Å². The molecule has 4 nitrogen and oxygen atoms in total. The predicted octanol–water partition coefficient (Wildman–Crippen LogP) is 2.21. The Labute approximate surface area is 109 Å². The minimum atomic E-state index is -0.533. The van der Waals surface area contributed by atoms with Crippen LogP contribution in [-0.2, 0) is 11.2 Å². The van der Waals surface area contributed by atoms with Gasteiger partial charge in [-0.3, -0.25) is 9.69 Å². The lowest BCUT2D eigenvalue weighted by atomic mass is 10.1. The fourth-order valence-corrected chi connectivity index (χ4v) is 2.33. The van der Waals surface area contributed by atoms with Gasteiger partial charge in [-0.15, -0.1) is 0 Å². The molecule has 0 aliphatic carbocycles. The Kier molecular flexibility index (Phi) is 2.41. The third-order valence-electron chi connectivity index (χ3n) is 3.21. The molecule has 0 fully saturated rings. The van der Waals surface area contributed by atoms with Crippen molar-refractivity contribution in [1.29, 1.82) is 0 Å². The van der Waals surface area contributed by atoms with Gasteiger partial charge in [0.2, 0.25) is 5.91 Å². The van der Waals surface area contributed by atoms with Crippen LogP contribution in [-0.4, -0.2) is 5.91 Å². The Morgan fingerprint density at radius 2 is 1.89 bits per heavy atom. The average molecular weight is 257 g/mol. The summed E-state index contributed by atoms with van der Waals surface area (Å²) in [5.74, 6) is -0.674. The summed E-state index contributed by atoms with van der Waals surface area (Å²) in [6.07, 6.45) is 0.246. The van der Waals surface area contributed by atoms with E-state index in [2.05, 4.69) is 0 Å². The smallest absolute Gasteiger partial charge is 0.236 e. The number of carbonyl (C=O) groups is 1. The fraction of sp³-hybridized carbons (Fsp3) is 0.0714. The number of nitrogen functional groups attached to an aromatic ring is 2. The SMILES string of the molecule is Nc1ccc2c(c1)CC(=O)N2c1cccc(F)c1N. The minimum absolute atomic E-state index is 0.0273. The van der Waals surface area contributed by atoms with E-state index in [-0.39, 0.29) is 18.0 Å². The molecular weight excluding hydrogens is 245 g/mol. The van der Waals surface area contributed by atoms with Crippen LogP contribution in [0.15, 0.2) is 36.4 Å². The second-order valence-corrected chi connectivity index (χ2v) is 4.47. The number of anilines is 4. The molecule has 0 aromatic heterocycles. The maximum absolute atomic E-state index is 13.5. The molecule has 1 aliphatic rings. The van der Waals surface area contributed by atoms with Gasteiger partial charge >= 0.3 is 0 Å². The number of carbonyl (C=O) groups excluding carboxylic acids is 1. The molecule has 2 aromatic rings. The number of rotatable bonds is 1. The highest BCUT2D eigenvalue weighted by molar-refractivity contribution is 6.09. The predicted molar refractivity (Wildman–Crippen MR) is 72.5 cm³/mol. The summed E-state index contributed by atoms with van der Waals surface area (Å²) >= 11 is 0. The summed E-state index contributed by atoms with van der Waals surface area (Å²) in [6.45, 7) is 0. The number of nitrogens with zero attached hydrogens (tertiary/aromatic N) is 1. The van der Waals surface area contributed by atoms with Gasteiger partial charge in [0.1, 0.15) is 5.82 Å². The Morgan fingerprint density at radius 1 is 1.11 bits per heavy atom. The molecule has 3 rings (SSSR count). The summed E-state index contributed by atoms with van der Waals surface area (Å²) < 4.78 is 13.5. The van der Waals surface area contributed by atoms with Gasteiger partial charge in [-0.1, -0.05) is 6.07 Å². The number of hydrogen-bond acceptors (Lipinski definition) is 3. The van der Waals surface area contributed by atoms with Gasteiger partial charge in [-0.2, -0.15) is 0 Å². The first-order chi connectivity index (χ1) is 9.08. The highest BCUT2D eigenvalue weighted by Gasteiger charge is 2.30. The molecule has 1 heterocycles. The first-order valence-corrected chi connectivity index (χ1v) is 5.83. The quantitative estimate of drug-likeness (QED) is 0.769.